The summed E-state index contributed by atoms with van der Waals surface area (Å²) in [6, 6.07) is 1.27. The van der Waals surface area contributed by atoms with Gasteiger partial charge in [-0.05, 0) is 28.9 Å². The SMILES string of the molecule is C[C@](N)(CO)c1ncc(Br)cc1F. The average Bonchev–Trinajstić information content (AvgIpc) is 2.03. The van der Waals surface area contributed by atoms with Crippen LogP contribution in [-0.4, -0.2) is 16.7 Å². The zero-order chi connectivity index (χ0) is 10.1. The summed E-state index contributed by atoms with van der Waals surface area (Å²) in [5, 5.41) is 8.90. The molecule has 0 radical (unpaired) electrons. The van der Waals surface area contributed by atoms with Crippen LogP contribution in [0.5, 0.6) is 0 Å². The summed E-state index contributed by atoms with van der Waals surface area (Å²) < 4.78 is 13.8. The monoisotopic (exact) mass is 248 g/mol. The molecule has 0 saturated heterocycles. The molecule has 5 heteroatoms. The summed E-state index contributed by atoms with van der Waals surface area (Å²) in [6.45, 7) is 1.17. The van der Waals surface area contributed by atoms with Crippen molar-refractivity contribution >= 4 is 15.9 Å². The minimum Gasteiger partial charge on any atom is -0.394 e. The summed E-state index contributed by atoms with van der Waals surface area (Å²) in [6.07, 6.45) is 1.44. The maximum absolute atomic E-state index is 13.2. The molecule has 1 aromatic rings. The Hall–Kier alpha value is -0.520. The van der Waals surface area contributed by atoms with Gasteiger partial charge in [0.05, 0.1) is 17.8 Å². The zero-order valence-electron chi connectivity index (χ0n) is 7.09. The third-order valence-corrected chi connectivity index (χ3v) is 2.11. The largest absolute Gasteiger partial charge is 0.394 e. The third kappa shape index (κ3) is 2.24. The predicted molar refractivity (Wildman–Crippen MR) is 50.5 cm³/mol. The highest BCUT2D eigenvalue weighted by atomic mass is 79.9. The summed E-state index contributed by atoms with van der Waals surface area (Å²) in [5.41, 5.74) is 4.55. The number of halogens is 2. The van der Waals surface area contributed by atoms with Gasteiger partial charge in [0.2, 0.25) is 0 Å². The van der Waals surface area contributed by atoms with Crippen LogP contribution in [0.4, 0.5) is 4.39 Å². The Bertz CT molecular complexity index is 317. The van der Waals surface area contributed by atoms with Crippen molar-refractivity contribution in [3.05, 3.63) is 28.2 Å². The molecule has 0 spiro atoms. The first-order chi connectivity index (χ1) is 5.97. The van der Waals surface area contributed by atoms with E-state index in [-0.39, 0.29) is 12.3 Å². The van der Waals surface area contributed by atoms with Gasteiger partial charge in [0.1, 0.15) is 5.82 Å². The molecule has 0 fully saturated rings. The first kappa shape index (κ1) is 10.6. The Morgan fingerprint density at radius 1 is 1.77 bits per heavy atom. The molecule has 0 saturated carbocycles. The summed E-state index contributed by atoms with van der Waals surface area (Å²) in [4.78, 5) is 3.81. The van der Waals surface area contributed by atoms with Gasteiger partial charge in [-0.15, -0.1) is 0 Å². The number of aromatic nitrogens is 1. The lowest BCUT2D eigenvalue weighted by atomic mass is 9.99. The van der Waals surface area contributed by atoms with Gasteiger partial charge in [-0.1, -0.05) is 0 Å². The van der Waals surface area contributed by atoms with E-state index in [4.69, 9.17) is 10.8 Å². The average molecular weight is 249 g/mol. The standard InChI is InChI=1S/C8H10BrFN2O/c1-8(11,4-13)7-6(10)2-5(9)3-12-7/h2-3,13H,4,11H2,1H3/t8-/m0/s1. The Morgan fingerprint density at radius 2 is 2.38 bits per heavy atom. The van der Waals surface area contributed by atoms with Crippen LogP contribution in [0.2, 0.25) is 0 Å². The van der Waals surface area contributed by atoms with E-state index in [0.717, 1.165) is 0 Å². The Kier molecular flexibility index (Phi) is 3.00. The highest BCUT2D eigenvalue weighted by molar-refractivity contribution is 9.10. The summed E-state index contributed by atoms with van der Waals surface area (Å²) in [7, 11) is 0. The first-order valence-electron chi connectivity index (χ1n) is 3.68. The van der Waals surface area contributed by atoms with E-state index in [1.165, 1.54) is 19.2 Å². The highest BCUT2D eigenvalue weighted by Crippen LogP contribution is 2.20. The third-order valence-electron chi connectivity index (χ3n) is 1.68. The van der Waals surface area contributed by atoms with Crippen molar-refractivity contribution in [1.82, 2.24) is 4.98 Å². The fraction of sp³-hybridized carbons (Fsp3) is 0.375. The lowest BCUT2D eigenvalue weighted by Gasteiger charge is -2.21. The second kappa shape index (κ2) is 3.69. The van der Waals surface area contributed by atoms with Crippen molar-refractivity contribution in [3.63, 3.8) is 0 Å². The van der Waals surface area contributed by atoms with Gasteiger partial charge in [0, 0.05) is 10.7 Å². The van der Waals surface area contributed by atoms with E-state index in [1.807, 2.05) is 0 Å². The van der Waals surface area contributed by atoms with Crippen molar-refractivity contribution in [2.75, 3.05) is 6.61 Å². The van der Waals surface area contributed by atoms with Crippen LogP contribution in [0.25, 0.3) is 0 Å². The number of rotatable bonds is 2. The summed E-state index contributed by atoms with van der Waals surface area (Å²) in [5.74, 6) is -0.520. The van der Waals surface area contributed by atoms with E-state index in [2.05, 4.69) is 20.9 Å². The van der Waals surface area contributed by atoms with E-state index in [0.29, 0.717) is 4.47 Å². The maximum atomic E-state index is 13.2. The molecule has 0 aromatic carbocycles. The minimum absolute atomic E-state index is 0.0678. The van der Waals surface area contributed by atoms with Gasteiger partial charge in [-0.25, -0.2) is 4.39 Å². The van der Waals surface area contributed by atoms with Gasteiger partial charge >= 0.3 is 0 Å². The lowest BCUT2D eigenvalue weighted by molar-refractivity contribution is 0.202. The molecule has 72 valence electrons. The maximum Gasteiger partial charge on any atom is 0.147 e. The number of hydrogen-bond acceptors (Lipinski definition) is 3. The molecular formula is C8H10BrFN2O. The van der Waals surface area contributed by atoms with E-state index < -0.39 is 11.4 Å². The van der Waals surface area contributed by atoms with E-state index in [1.54, 1.807) is 0 Å². The molecule has 3 N–H and O–H groups in total. The van der Waals surface area contributed by atoms with Crippen LogP contribution in [0.1, 0.15) is 12.6 Å². The Balaban J connectivity index is 3.16. The molecule has 1 heterocycles. The summed E-state index contributed by atoms with van der Waals surface area (Å²) >= 11 is 3.08. The smallest absolute Gasteiger partial charge is 0.147 e. The molecule has 0 aliphatic rings. The van der Waals surface area contributed by atoms with Gasteiger partial charge in [-0.2, -0.15) is 0 Å². The number of hydrogen-bond donors (Lipinski definition) is 2. The van der Waals surface area contributed by atoms with Crippen molar-refractivity contribution in [2.45, 2.75) is 12.5 Å². The second-order valence-corrected chi connectivity index (χ2v) is 3.98. The molecule has 0 aliphatic carbocycles. The van der Waals surface area contributed by atoms with Crippen LogP contribution in [0.3, 0.4) is 0 Å². The molecule has 13 heavy (non-hydrogen) atoms. The van der Waals surface area contributed by atoms with Gasteiger partial charge in [0.25, 0.3) is 0 Å². The number of aliphatic hydroxyl groups is 1. The van der Waals surface area contributed by atoms with Crippen molar-refractivity contribution in [1.29, 1.82) is 0 Å². The molecule has 0 unspecified atom stereocenters. The van der Waals surface area contributed by atoms with Crippen molar-refractivity contribution in [3.8, 4) is 0 Å². The molecule has 0 bridgehead atoms. The number of nitrogens with two attached hydrogens (primary N) is 1. The number of pyridine rings is 1. The topological polar surface area (TPSA) is 59.1 Å². The minimum atomic E-state index is -1.13. The second-order valence-electron chi connectivity index (χ2n) is 3.06. The lowest BCUT2D eigenvalue weighted by Crippen LogP contribution is -2.38. The van der Waals surface area contributed by atoms with Crippen LogP contribution < -0.4 is 5.73 Å². The Morgan fingerprint density at radius 3 is 2.85 bits per heavy atom. The zero-order valence-corrected chi connectivity index (χ0v) is 8.68. The fourth-order valence-corrected chi connectivity index (χ4v) is 1.21. The molecule has 1 atom stereocenters. The Labute approximate surface area is 83.9 Å². The molecule has 1 aromatic heterocycles. The van der Waals surface area contributed by atoms with Crippen molar-refractivity contribution in [2.24, 2.45) is 5.73 Å². The predicted octanol–water partition coefficient (Wildman–Crippen LogP) is 1.15. The number of aliphatic hydroxyl groups excluding tert-OH is 1. The van der Waals surface area contributed by atoms with Gasteiger partial charge in [0.15, 0.2) is 0 Å². The molecular weight excluding hydrogens is 239 g/mol. The van der Waals surface area contributed by atoms with Crippen LogP contribution in [0, 0.1) is 5.82 Å². The highest BCUT2D eigenvalue weighted by Gasteiger charge is 2.25. The van der Waals surface area contributed by atoms with Crippen LogP contribution in [-0.2, 0) is 5.54 Å². The number of nitrogens with zero attached hydrogens (tertiary/aromatic N) is 1. The van der Waals surface area contributed by atoms with Crippen molar-refractivity contribution < 1.29 is 9.50 Å². The molecule has 0 aliphatic heterocycles. The van der Waals surface area contributed by atoms with Gasteiger partial charge in [-0.3, -0.25) is 4.98 Å². The van der Waals surface area contributed by atoms with Crippen LogP contribution >= 0.6 is 15.9 Å². The van der Waals surface area contributed by atoms with E-state index in [9.17, 15) is 4.39 Å². The normalized spacial score (nSPS) is 15.5. The molecule has 3 nitrogen and oxygen atoms in total. The molecule has 1 rings (SSSR count). The van der Waals surface area contributed by atoms with Gasteiger partial charge < -0.3 is 10.8 Å². The molecule has 0 amide bonds. The van der Waals surface area contributed by atoms with E-state index >= 15 is 0 Å². The fourth-order valence-electron chi connectivity index (χ4n) is 0.910. The quantitative estimate of drug-likeness (QED) is 0.826. The first-order valence-corrected chi connectivity index (χ1v) is 4.48. The van der Waals surface area contributed by atoms with Crippen LogP contribution in [0.15, 0.2) is 16.7 Å².